The summed E-state index contributed by atoms with van der Waals surface area (Å²) >= 11 is 0. The summed E-state index contributed by atoms with van der Waals surface area (Å²) in [6.45, 7) is 0. The first-order valence-corrected chi connectivity index (χ1v) is 6.24. The lowest BCUT2D eigenvalue weighted by Crippen LogP contribution is -2.28. The predicted molar refractivity (Wildman–Crippen MR) is 76.2 cm³/mol. The van der Waals surface area contributed by atoms with Gasteiger partial charge in [0.25, 0.3) is 0 Å². The van der Waals surface area contributed by atoms with Crippen LogP contribution in [-0.4, -0.2) is 12.1 Å². The molecule has 0 radical (unpaired) electrons. The number of nitrogens with one attached hydrogen (secondary N) is 1. The number of nitrogens with zero attached hydrogens (tertiary/aromatic N) is 1. The first-order chi connectivity index (χ1) is 9.83. The Balaban J connectivity index is 2.09. The second kappa shape index (κ2) is 5.32. The Morgan fingerprint density at radius 3 is 2.95 bits per heavy atom. The molecule has 102 valence electrons. The van der Waals surface area contributed by atoms with Gasteiger partial charge in [0.2, 0.25) is 0 Å². The standard InChI is InChI=1S/C15H15N3O2/c1-19-11-6-10(7-17-8-11)15(18-16)13-9-20-14-5-3-2-4-12(13)14/h2-9,15,18H,16H2,1H3. The van der Waals surface area contributed by atoms with E-state index in [0.29, 0.717) is 5.75 Å². The second-order valence-electron chi connectivity index (χ2n) is 4.44. The van der Waals surface area contributed by atoms with Crippen molar-refractivity contribution < 1.29 is 9.15 Å². The van der Waals surface area contributed by atoms with Crippen LogP contribution in [0.4, 0.5) is 0 Å². The minimum atomic E-state index is -0.207. The summed E-state index contributed by atoms with van der Waals surface area (Å²) in [5.41, 5.74) is 5.53. The van der Waals surface area contributed by atoms with E-state index in [0.717, 1.165) is 22.1 Å². The molecule has 3 rings (SSSR count). The Bertz CT molecular complexity index is 724. The third kappa shape index (κ3) is 2.13. The maximum Gasteiger partial charge on any atom is 0.137 e. The largest absolute Gasteiger partial charge is 0.495 e. The highest BCUT2D eigenvalue weighted by Gasteiger charge is 2.18. The summed E-state index contributed by atoms with van der Waals surface area (Å²) < 4.78 is 10.8. The Hall–Kier alpha value is -2.37. The molecule has 1 atom stereocenters. The topological polar surface area (TPSA) is 73.3 Å². The fourth-order valence-corrected chi connectivity index (χ4v) is 2.29. The van der Waals surface area contributed by atoms with E-state index in [1.807, 2.05) is 30.3 Å². The number of benzene rings is 1. The summed E-state index contributed by atoms with van der Waals surface area (Å²) in [6.07, 6.45) is 5.13. The molecular formula is C15H15N3O2. The summed E-state index contributed by atoms with van der Waals surface area (Å²) in [7, 11) is 1.61. The minimum Gasteiger partial charge on any atom is -0.495 e. The van der Waals surface area contributed by atoms with Gasteiger partial charge in [-0.1, -0.05) is 18.2 Å². The lowest BCUT2D eigenvalue weighted by molar-refractivity contribution is 0.411. The molecule has 2 aromatic heterocycles. The Morgan fingerprint density at radius 2 is 2.15 bits per heavy atom. The molecular weight excluding hydrogens is 254 g/mol. The van der Waals surface area contributed by atoms with Gasteiger partial charge < -0.3 is 9.15 Å². The number of ether oxygens (including phenoxy) is 1. The quantitative estimate of drug-likeness (QED) is 0.562. The van der Waals surface area contributed by atoms with Crippen molar-refractivity contribution in [2.24, 2.45) is 5.84 Å². The van der Waals surface area contributed by atoms with Gasteiger partial charge >= 0.3 is 0 Å². The van der Waals surface area contributed by atoms with Crippen LogP contribution in [0.15, 0.2) is 53.4 Å². The fraction of sp³-hybridized carbons (Fsp3) is 0.133. The van der Waals surface area contributed by atoms with Crippen LogP contribution in [0.5, 0.6) is 5.75 Å². The van der Waals surface area contributed by atoms with Crippen LogP contribution >= 0.6 is 0 Å². The number of hydrazine groups is 1. The van der Waals surface area contributed by atoms with Crippen molar-refractivity contribution in [3.05, 3.63) is 60.1 Å². The number of aromatic nitrogens is 1. The highest BCUT2D eigenvalue weighted by Crippen LogP contribution is 2.30. The molecule has 0 amide bonds. The molecule has 3 aromatic rings. The van der Waals surface area contributed by atoms with Gasteiger partial charge in [-0.2, -0.15) is 0 Å². The predicted octanol–water partition coefficient (Wildman–Crippen LogP) is 2.39. The van der Waals surface area contributed by atoms with Gasteiger partial charge in [-0.05, 0) is 17.7 Å². The molecule has 5 heteroatoms. The SMILES string of the molecule is COc1cncc(C(NN)c2coc3ccccc23)c1. The van der Waals surface area contributed by atoms with Crippen LogP contribution in [0.2, 0.25) is 0 Å². The number of rotatable bonds is 4. The van der Waals surface area contributed by atoms with Crippen molar-refractivity contribution in [3.8, 4) is 5.75 Å². The molecule has 3 N–H and O–H groups in total. The van der Waals surface area contributed by atoms with Gasteiger partial charge in [-0.25, -0.2) is 5.43 Å². The van der Waals surface area contributed by atoms with Crippen LogP contribution in [0, 0.1) is 0 Å². The molecule has 0 aliphatic rings. The number of para-hydroxylation sites is 1. The molecule has 1 unspecified atom stereocenters. The van der Waals surface area contributed by atoms with Gasteiger partial charge in [0, 0.05) is 17.1 Å². The van der Waals surface area contributed by atoms with Crippen LogP contribution in [-0.2, 0) is 0 Å². The van der Waals surface area contributed by atoms with E-state index in [4.69, 9.17) is 15.0 Å². The van der Waals surface area contributed by atoms with Crippen molar-refractivity contribution in [3.63, 3.8) is 0 Å². The number of furan rings is 1. The van der Waals surface area contributed by atoms with Crippen LogP contribution < -0.4 is 16.0 Å². The zero-order chi connectivity index (χ0) is 13.9. The summed E-state index contributed by atoms with van der Waals surface area (Å²) in [5, 5.41) is 1.03. The van der Waals surface area contributed by atoms with Crippen LogP contribution in [0.1, 0.15) is 17.2 Å². The summed E-state index contributed by atoms with van der Waals surface area (Å²) in [5.74, 6) is 6.41. The van der Waals surface area contributed by atoms with E-state index in [2.05, 4.69) is 10.4 Å². The lowest BCUT2D eigenvalue weighted by atomic mass is 10.00. The number of fused-ring (bicyclic) bond motifs is 1. The smallest absolute Gasteiger partial charge is 0.137 e. The molecule has 0 aliphatic carbocycles. The maximum atomic E-state index is 5.72. The highest BCUT2D eigenvalue weighted by atomic mass is 16.5. The van der Waals surface area contributed by atoms with Gasteiger partial charge in [0.15, 0.2) is 0 Å². The Kier molecular flexibility index (Phi) is 3.37. The van der Waals surface area contributed by atoms with Crippen molar-refractivity contribution in [2.75, 3.05) is 7.11 Å². The number of pyridine rings is 1. The Labute approximate surface area is 116 Å². The number of hydrogen-bond donors (Lipinski definition) is 2. The third-order valence-corrected chi connectivity index (χ3v) is 3.29. The van der Waals surface area contributed by atoms with Gasteiger partial charge in [0.1, 0.15) is 11.3 Å². The zero-order valence-corrected chi connectivity index (χ0v) is 11.0. The van der Waals surface area contributed by atoms with Crippen LogP contribution in [0.25, 0.3) is 11.0 Å². The minimum absolute atomic E-state index is 0.207. The van der Waals surface area contributed by atoms with Crippen molar-refractivity contribution in [2.45, 2.75) is 6.04 Å². The molecule has 0 aliphatic heterocycles. The molecule has 0 bridgehead atoms. The van der Waals surface area contributed by atoms with E-state index in [-0.39, 0.29) is 6.04 Å². The van der Waals surface area contributed by atoms with Crippen molar-refractivity contribution in [1.29, 1.82) is 0 Å². The number of methoxy groups -OCH3 is 1. The second-order valence-corrected chi connectivity index (χ2v) is 4.44. The molecule has 0 spiro atoms. The monoisotopic (exact) mass is 269 g/mol. The molecule has 20 heavy (non-hydrogen) atoms. The van der Waals surface area contributed by atoms with Crippen molar-refractivity contribution >= 4 is 11.0 Å². The zero-order valence-electron chi connectivity index (χ0n) is 11.0. The molecule has 2 heterocycles. The molecule has 0 fully saturated rings. The van der Waals surface area contributed by atoms with Gasteiger partial charge in [-0.3, -0.25) is 10.8 Å². The van der Waals surface area contributed by atoms with E-state index in [9.17, 15) is 0 Å². The fourth-order valence-electron chi connectivity index (χ4n) is 2.29. The first kappa shape index (κ1) is 12.7. The average molecular weight is 269 g/mol. The summed E-state index contributed by atoms with van der Waals surface area (Å²) in [4.78, 5) is 4.16. The third-order valence-electron chi connectivity index (χ3n) is 3.29. The van der Waals surface area contributed by atoms with E-state index >= 15 is 0 Å². The molecule has 5 nitrogen and oxygen atoms in total. The van der Waals surface area contributed by atoms with Gasteiger partial charge in [-0.15, -0.1) is 0 Å². The lowest BCUT2D eigenvalue weighted by Gasteiger charge is -2.15. The highest BCUT2D eigenvalue weighted by molar-refractivity contribution is 5.81. The average Bonchev–Trinajstić information content (AvgIpc) is 2.93. The molecule has 1 aromatic carbocycles. The first-order valence-electron chi connectivity index (χ1n) is 6.24. The molecule has 0 saturated heterocycles. The molecule has 0 saturated carbocycles. The number of hydrogen-bond acceptors (Lipinski definition) is 5. The van der Waals surface area contributed by atoms with E-state index in [1.165, 1.54) is 0 Å². The van der Waals surface area contributed by atoms with E-state index < -0.39 is 0 Å². The summed E-state index contributed by atoms with van der Waals surface area (Å²) in [6, 6.07) is 9.54. The van der Waals surface area contributed by atoms with Crippen LogP contribution in [0.3, 0.4) is 0 Å². The maximum absolute atomic E-state index is 5.72. The Morgan fingerprint density at radius 1 is 1.30 bits per heavy atom. The normalized spacial score (nSPS) is 12.5. The number of nitrogens with two attached hydrogens (primary N) is 1. The van der Waals surface area contributed by atoms with E-state index in [1.54, 1.807) is 25.8 Å². The van der Waals surface area contributed by atoms with Crippen molar-refractivity contribution in [1.82, 2.24) is 10.4 Å². The van der Waals surface area contributed by atoms with Gasteiger partial charge in [0.05, 0.1) is 25.6 Å².